The van der Waals surface area contributed by atoms with Gasteiger partial charge >= 0.3 is 0 Å². The molecule has 1 aromatic carbocycles. The van der Waals surface area contributed by atoms with Crippen LogP contribution in [0.4, 0.5) is 5.69 Å². The van der Waals surface area contributed by atoms with E-state index in [4.69, 9.17) is 10.5 Å². The molecule has 0 radical (unpaired) electrons. The Balaban J connectivity index is 2.03. The maximum absolute atomic E-state index is 10.5. The Morgan fingerprint density at radius 1 is 1.39 bits per heavy atom. The highest BCUT2D eigenvalue weighted by Gasteiger charge is 2.43. The van der Waals surface area contributed by atoms with Gasteiger partial charge in [-0.05, 0) is 43.0 Å². The molecule has 0 aromatic heterocycles. The number of likely N-dealkylation sites (N-methyl/N-ethyl adjacent to an activating group) is 1. The summed E-state index contributed by atoms with van der Waals surface area (Å²) in [6.45, 7) is 0.888. The first-order valence-electron chi connectivity index (χ1n) is 6.36. The van der Waals surface area contributed by atoms with Crippen LogP contribution in [-0.2, 0) is 0 Å². The summed E-state index contributed by atoms with van der Waals surface area (Å²) < 4.78 is 5.13. The van der Waals surface area contributed by atoms with Crippen molar-refractivity contribution in [3.63, 3.8) is 0 Å². The fourth-order valence-electron chi connectivity index (χ4n) is 2.32. The van der Waals surface area contributed by atoms with Gasteiger partial charge in [-0.1, -0.05) is 0 Å². The molecule has 1 saturated carbocycles. The summed E-state index contributed by atoms with van der Waals surface area (Å²) >= 11 is 0. The van der Waals surface area contributed by atoms with Crippen molar-refractivity contribution in [3.8, 4) is 5.75 Å². The van der Waals surface area contributed by atoms with E-state index in [9.17, 15) is 5.11 Å². The monoisotopic (exact) mass is 250 g/mol. The van der Waals surface area contributed by atoms with Crippen molar-refractivity contribution in [2.24, 2.45) is 11.7 Å². The summed E-state index contributed by atoms with van der Waals surface area (Å²) in [7, 11) is 3.63. The molecule has 0 amide bonds. The molecule has 1 aromatic rings. The van der Waals surface area contributed by atoms with Gasteiger partial charge in [-0.15, -0.1) is 0 Å². The van der Waals surface area contributed by atoms with E-state index in [1.165, 1.54) is 0 Å². The largest absolute Gasteiger partial charge is 0.497 e. The van der Waals surface area contributed by atoms with E-state index in [2.05, 4.69) is 0 Å². The third-order valence-corrected chi connectivity index (χ3v) is 3.71. The van der Waals surface area contributed by atoms with Gasteiger partial charge in [0, 0.05) is 25.8 Å². The van der Waals surface area contributed by atoms with Crippen molar-refractivity contribution in [1.29, 1.82) is 0 Å². The number of nitrogens with zero attached hydrogens (tertiary/aromatic N) is 1. The molecule has 0 spiro atoms. The molecule has 4 nitrogen and oxygen atoms in total. The molecule has 0 bridgehead atoms. The Morgan fingerprint density at radius 2 is 2.00 bits per heavy atom. The molecule has 1 unspecified atom stereocenters. The summed E-state index contributed by atoms with van der Waals surface area (Å²) in [6.07, 6.45) is 2.17. The van der Waals surface area contributed by atoms with Crippen LogP contribution in [0, 0.1) is 5.92 Å². The number of anilines is 1. The van der Waals surface area contributed by atoms with Crippen LogP contribution in [0.1, 0.15) is 12.8 Å². The zero-order chi connectivity index (χ0) is 13.2. The van der Waals surface area contributed by atoms with Gasteiger partial charge in [-0.2, -0.15) is 0 Å². The minimum Gasteiger partial charge on any atom is -0.497 e. The van der Waals surface area contributed by atoms with Gasteiger partial charge < -0.3 is 20.5 Å². The molecule has 18 heavy (non-hydrogen) atoms. The van der Waals surface area contributed by atoms with E-state index >= 15 is 0 Å². The normalized spacial score (nSPS) is 18.2. The van der Waals surface area contributed by atoms with Gasteiger partial charge in [-0.25, -0.2) is 0 Å². The van der Waals surface area contributed by atoms with E-state index in [0.29, 0.717) is 19.0 Å². The zero-order valence-corrected chi connectivity index (χ0v) is 11.1. The number of rotatable bonds is 6. The predicted octanol–water partition coefficient (Wildman–Crippen LogP) is 1.23. The smallest absolute Gasteiger partial charge is 0.119 e. The van der Waals surface area contributed by atoms with E-state index in [1.54, 1.807) is 7.11 Å². The molecule has 0 aliphatic heterocycles. The fraction of sp³-hybridized carbons (Fsp3) is 0.571. The summed E-state index contributed by atoms with van der Waals surface area (Å²) in [6, 6.07) is 7.82. The van der Waals surface area contributed by atoms with Crippen LogP contribution in [0.25, 0.3) is 0 Å². The third kappa shape index (κ3) is 2.76. The van der Waals surface area contributed by atoms with Gasteiger partial charge in [0.05, 0.1) is 12.7 Å². The summed E-state index contributed by atoms with van der Waals surface area (Å²) in [5.41, 5.74) is 6.03. The van der Waals surface area contributed by atoms with Gasteiger partial charge in [0.15, 0.2) is 0 Å². The second-order valence-electron chi connectivity index (χ2n) is 5.14. The molecule has 1 fully saturated rings. The Morgan fingerprint density at radius 3 is 2.44 bits per heavy atom. The van der Waals surface area contributed by atoms with Crippen molar-refractivity contribution >= 4 is 5.69 Å². The number of ether oxygens (including phenoxy) is 1. The van der Waals surface area contributed by atoms with Crippen LogP contribution < -0.4 is 15.4 Å². The molecule has 1 aliphatic rings. The highest BCUT2D eigenvalue weighted by atomic mass is 16.5. The van der Waals surface area contributed by atoms with Crippen molar-refractivity contribution in [1.82, 2.24) is 0 Å². The molecule has 3 N–H and O–H groups in total. The highest BCUT2D eigenvalue weighted by Crippen LogP contribution is 2.40. The first kappa shape index (κ1) is 13.2. The Hall–Kier alpha value is -1.26. The highest BCUT2D eigenvalue weighted by molar-refractivity contribution is 5.48. The number of hydrogen-bond donors (Lipinski definition) is 2. The number of methoxy groups -OCH3 is 1. The molecule has 1 atom stereocenters. The zero-order valence-electron chi connectivity index (χ0n) is 11.1. The minimum atomic E-state index is -0.755. The Bertz CT molecular complexity index is 389. The molecule has 100 valence electrons. The Kier molecular flexibility index (Phi) is 3.78. The van der Waals surface area contributed by atoms with Gasteiger partial charge in [-0.3, -0.25) is 0 Å². The summed E-state index contributed by atoms with van der Waals surface area (Å²) in [4.78, 5) is 2.05. The third-order valence-electron chi connectivity index (χ3n) is 3.71. The van der Waals surface area contributed by atoms with Crippen LogP contribution in [0.3, 0.4) is 0 Å². The van der Waals surface area contributed by atoms with E-state index in [1.807, 2.05) is 36.2 Å². The van der Waals surface area contributed by atoms with Crippen molar-refractivity contribution in [3.05, 3.63) is 24.3 Å². The number of aliphatic hydroxyl groups is 1. The molecule has 2 rings (SSSR count). The fourth-order valence-corrected chi connectivity index (χ4v) is 2.32. The molecule has 1 aliphatic carbocycles. The number of benzene rings is 1. The van der Waals surface area contributed by atoms with Crippen molar-refractivity contribution < 1.29 is 9.84 Å². The Labute approximate surface area is 108 Å². The van der Waals surface area contributed by atoms with Gasteiger partial charge in [0.1, 0.15) is 5.75 Å². The maximum Gasteiger partial charge on any atom is 0.119 e. The molecule has 0 heterocycles. The first-order chi connectivity index (χ1) is 8.59. The molecular weight excluding hydrogens is 228 g/mol. The number of hydrogen-bond acceptors (Lipinski definition) is 4. The van der Waals surface area contributed by atoms with Crippen LogP contribution in [-0.4, -0.2) is 38.0 Å². The van der Waals surface area contributed by atoms with Crippen molar-refractivity contribution in [2.45, 2.75) is 18.4 Å². The average molecular weight is 250 g/mol. The van der Waals surface area contributed by atoms with E-state index < -0.39 is 5.60 Å². The SMILES string of the molecule is COc1ccc(N(C)CC(O)(CN)C2CC2)cc1. The summed E-state index contributed by atoms with van der Waals surface area (Å²) in [5, 5.41) is 10.5. The molecule has 0 saturated heterocycles. The lowest BCUT2D eigenvalue weighted by molar-refractivity contribution is 0.0344. The standard InChI is InChI=1S/C14H22N2O2/c1-16(10-14(17,9-15)11-3-4-11)12-5-7-13(18-2)8-6-12/h5-8,11,17H,3-4,9-10,15H2,1-2H3. The van der Waals surface area contributed by atoms with Crippen molar-refractivity contribution in [2.75, 3.05) is 32.1 Å². The van der Waals surface area contributed by atoms with Gasteiger partial charge in [0.2, 0.25) is 0 Å². The second kappa shape index (κ2) is 5.16. The quantitative estimate of drug-likeness (QED) is 0.797. The van der Waals surface area contributed by atoms with Crippen LogP contribution in [0.2, 0.25) is 0 Å². The van der Waals surface area contributed by atoms with Crippen LogP contribution >= 0.6 is 0 Å². The topological polar surface area (TPSA) is 58.7 Å². The lowest BCUT2D eigenvalue weighted by Gasteiger charge is -2.32. The predicted molar refractivity (Wildman–Crippen MR) is 73.0 cm³/mol. The van der Waals surface area contributed by atoms with E-state index in [0.717, 1.165) is 24.3 Å². The minimum absolute atomic E-state index is 0.318. The van der Waals surface area contributed by atoms with Crippen LogP contribution in [0.5, 0.6) is 5.75 Å². The average Bonchev–Trinajstić information content (AvgIpc) is 3.23. The molecular formula is C14H22N2O2. The second-order valence-corrected chi connectivity index (χ2v) is 5.14. The summed E-state index contributed by atoms with van der Waals surface area (Å²) in [5.74, 6) is 1.20. The molecule has 4 heteroatoms. The van der Waals surface area contributed by atoms with Crippen LogP contribution in [0.15, 0.2) is 24.3 Å². The lowest BCUT2D eigenvalue weighted by atomic mass is 9.97. The lowest BCUT2D eigenvalue weighted by Crippen LogP contribution is -2.49. The first-order valence-corrected chi connectivity index (χ1v) is 6.36. The van der Waals surface area contributed by atoms with E-state index in [-0.39, 0.29) is 0 Å². The number of nitrogens with two attached hydrogens (primary N) is 1. The van der Waals surface area contributed by atoms with Gasteiger partial charge in [0.25, 0.3) is 0 Å². The maximum atomic E-state index is 10.5.